The van der Waals surface area contributed by atoms with Gasteiger partial charge in [-0.3, -0.25) is 4.99 Å². The molecule has 2 aromatic carbocycles. The quantitative estimate of drug-likeness (QED) is 0.391. The third-order valence-corrected chi connectivity index (χ3v) is 5.82. The molecule has 0 aliphatic carbocycles. The first-order valence-electron chi connectivity index (χ1n) is 8.98. The molecule has 1 atom stereocenters. The van der Waals surface area contributed by atoms with Crippen molar-refractivity contribution in [3.8, 4) is 5.75 Å². The zero-order chi connectivity index (χ0) is 19.5. The van der Waals surface area contributed by atoms with Crippen molar-refractivity contribution in [3.05, 3.63) is 60.7 Å². The molecule has 0 aliphatic heterocycles. The van der Waals surface area contributed by atoms with Crippen molar-refractivity contribution in [3.63, 3.8) is 0 Å². The molecule has 0 aromatic heterocycles. The number of hydrogen-bond donors (Lipinski definition) is 2. The highest BCUT2D eigenvalue weighted by Crippen LogP contribution is 2.12. The summed E-state index contributed by atoms with van der Waals surface area (Å²) < 4.78 is 30.8. The van der Waals surface area contributed by atoms with Crippen molar-refractivity contribution in [1.82, 2.24) is 10.6 Å². The summed E-state index contributed by atoms with van der Waals surface area (Å²) in [6.07, 6.45) is 0.660. The van der Waals surface area contributed by atoms with Gasteiger partial charge in [0, 0.05) is 13.1 Å². The van der Waals surface area contributed by atoms with Gasteiger partial charge in [-0.05, 0) is 30.7 Å². The first-order valence-corrected chi connectivity index (χ1v) is 10.6. The molecule has 0 saturated heterocycles. The third-order valence-electron chi connectivity index (χ3n) is 3.99. The fourth-order valence-electron chi connectivity index (χ4n) is 2.49. The SMILES string of the molecule is CCC(CS(=O)(=O)c1ccccc1)NC(=NC)NCCOc1ccccc1. The molecule has 6 nitrogen and oxygen atoms in total. The largest absolute Gasteiger partial charge is 0.492 e. The Morgan fingerprint density at radius 1 is 1.07 bits per heavy atom. The van der Waals surface area contributed by atoms with Crippen LogP contribution in [0.4, 0.5) is 0 Å². The molecular weight excluding hydrogens is 362 g/mol. The van der Waals surface area contributed by atoms with Gasteiger partial charge in [-0.25, -0.2) is 8.42 Å². The third kappa shape index (κ3) is 6.94. The second-order valence-corrected chi connectivity index (χ2v) is 8.04. The Balaban J connectivity index is 1.84. The van der Waals surface area contributed by atoms with Crippen LogP contribution < -0.4 is 15.4 Å². The van der Waals surface area contributed by atoms with Crippen molar-refractivity contribution >= 4 is 15.8 Å². The van der Waals surface area contributed by atoms with Gasteiger partial charge in [-0.2, -0.15) is 0 Å². The Morgan fingerprint density at radius 2 is 1.70 bits per heavy atom. The van der Waals surface area contributed by atoms with Gasteiger partial charge in [0.05, 0.1) is 17.2 Å². The number of benzene rings is 2. The minimum absolute atomic E-state index is 0.00866. The Labute approximate surface area is 161 Å². The summed E-state index contributed by atoms with van der Waals surface area (Å²) in [5, 5.41) is 6.33. The fourth-order valence-corrected chi connectivity index (χ4v) is 4.11. The Hall–Kier alpha value is -2.54. The van der Waals surface area contributed by atoms with E-state index in [2.05, 4.69) is 15.6 Å². The summed E-state index contributed by atoms with van der Waals surface area (Å²) >= 11 is 0. The summed E-state index contributed by atoms with van der Waals surface area (Å²) in [7, 11) is -1.70. The van der Waals surface area contributed by atoms with Crippen LogP contribution in [0.15, 0.2) is 70.6 Å². The zero-order valence-corrected chi connectivity index (χ0v) is 16.6. The lowest BCUT2D eigenvalue weighted by atomic mass is 10.3. The molecule has 0 aliphatic rings. The minimum atomic E-state index is -3.36. The van der Waals surface area contributed by atoms with E-state index in [0.717, 1.165) is 5.75 Å². The monoisotopic (exact) mass is 389 g/mol. The second-order valence-electron chi connectivity index (χ2n) is 6.00. The molecule has 2 rings (SSSR count). The lowest BCUT2D eigenvalue weighted by Gasteiger charge is -2.20. The van der Waals surface area contributed by atoms with E-state index in [9.17, 15) is 8.42 Å². The van der Waals surface area contributed by atoms with Crippen LogP contribution in [0.3, 0.4) is 0 Å². The maximum absolute atomic E-state index is 12.6. The van der Waals surface area contributed by atoms with E-state index in [1.54, 1.807) is 37.4 Å². The molecule has 7 heteroatoms. The fraction of sp³-hybridized carbons (Fsp3) is 0.350. The van der Waals surface area contributed by atoms with Gasteiger partial charge in [-0.1, -0.05) is 43.3 Å². The standard InChI is InChI=1S/C20H27N3O3S/c1-3-17(16-27(24,25)19-12-8-5-9-13-19)23-20(21-2)22-14-15-26-18-10-6-4-7-11-18/h4-13,17H,3,14-16H2,1-2H3,(H2,21,22,23). The van der Waals surface area contributed by atoms with Crippen LogP contribution in [0.5, 0.6) is 5.75 Å². The average Bonchev–Trinajstić information content (AvgIpc) is 2.70. The maximum atomic E-state index is 12.6. The lowest BCUT2D eigenvalue weighted by molar-refractivity contribution is 0.321. The van der Waals surface area contributed by atoms with E-state index < -0.39 is 9.84 Å². The van der Waals surface area contributed by atoms with Crippen LogP contribution in [0.2, 0.25) is 0 Å². The van der Waals surface area contributed by atoms with Crippen LogP contribution >= 0.6 is 0 Å². The van der Waals surface area contributed by atoms with Crippen LogP contribution in [-0.4, -0.2) is 46.4 Å². The van der Waals surface area contributed by atoms with Crippen LogP contribution in [-0.2, 0) is 9.84 Å². The van der Waals surface area contributed by atoms with Crippen molar-refractivity contribution in [1.29, 1.82) is 0 Å². The van der Waals surface area contributed by atoms with Gasteiger partial charge in [0.15, 0.2) is 15.8 Å². The molecule has 0 fully saturated rings. The van der Waals surface area contributed by atoms with Crippen LogP contribution in [0, 0.1) is 0 Å². The van der Waals surface area contributed by atoms with E-state index in [-0.39, 0.29) is 11.8 Å². The number of guanidine groups is 1. The van der Waals surface area contributed by atoms with E-state index in [1.165, 1.54) is 0 Å². The van der Waals surface area contributed by atoms with Gasteiger partial charge in [0.1, 0.15) is 12.4 Å². The van der Waals surface area contributed by atoms with E-state index >= 15 is 0 Å². The molecule has 0 spiro atoms. The lowest BCUT2D eigenvalue weighted by Crippen LogP contribution is -2.46. The number of nitrogens with one attached hydrogen (secondary N) is 2. The highest BCUT2D eigenvalue weighted by molar-refractivity contribution is 7.91. The van der Waals surface area contributed by atoms with Gasteiger partial charge < -0.3 is 15.4 Å². The zero-order valence-electron chi connectivity index (χ0n) is 15.8. The van der Waals surface area contributed by atoms with E-state index in [4.69, 9.17) is 4.74 Å². The average molecular weight is 390 g/mol. The Kier molecular flexibility index (Phi) is 8.13. The highest BCUT2D eigenvalue weighted by atomic mass is 32.2. The number of sulfone groups is 1. The smallest absolute Gasteiger partial charge is 0.191 e. The number of rotatable bonds is 9. The summed E-state index contributed by atoms with van der Waals surface area (Å²) in [5.74, 6) is 1.37. The summed E-state index contributed by atoms with van der Waals surface area (Å²) in [6, 6.07) is 17.8. The molecule has 27 heavy (non-hydrogen) atoms. The topological polar surface area (TPSA) is 79.8 Å². The number of aliphatic imine (C=N–C) groups is 1. The number of nitrogens with zero attached hydrogens (tertiary/aromatic N) is 1. The molecular formula is C20H27N3O3S. The van der Waals surface area contributed by atoms with Crippen molar-refractivity contribution in [2.45, 2.75) is 24.3 Å². The first-order chi connectivity index (χ1) is 13.0. The number of ether oxygens (including phenoxy) is 1. The number of hydrogen-bond acceptors (Lipinski definition) is 4. The first kappa shape index (κ1) is 20.8. The predicted octanol–water partition coefficient (Wildman–Crippen LogP) is 2.48. The van der Waals surface area contributed by atoms with Crippen molar-refractivity contribution in [2.24, 2.45) is 4.99 Å². The summed E-state index contributed by atoms with van der Waals surface area (Å²) in [6.45, 7) is 2.98. The Bertz CT molecular complexity index is 809. The molecule has 0 heterocycles. The predicted molar refractivity (Wildman–Crippen MR) is 109 cm³/mol. The molecule has 2 aromatic rings. The van der Waals surface area contributed by atoms with Gasteiger partial charge in [0.2, 0.25) is 0 Å². The van der Waals surface area contributed by atoms with Crippen molar-refractivity contribution in [2.75, 3.05) is 26.0 Å². The number of para-hydroxylation sites is 1. The second kappa shape index (κ2) is 10.6. The summed E-state index contributed by atoms with van der Waals surface area (Å²) in [5.41, 5.74) is 0. The van der Waals surface area contributed by atoms with E-state index in [1.807, 2.05) is 37.3 Å². The molecule has 0 amide bonds. The molecule has 1 unspecified atom stereocenters. The molecule has 146 valence electrons. The molecule has 0 radical (unpaired) electrons. The highest BCUT2D eigenvalue weighted by Gasteiger charge is 2.20. The van der Waals surface area contributed by atoms with E-state index in [0.29, 0.717) is 30.4 Å². The van der Waals surface area contributed by atoms with Crippen LogP contribution in [0.1, 0.15) is 13.3 Å². The molecule has 0 saturated carbocycles. The summed E-state index contributed by atoms with van der Waals surface area (Å²) in [4.78, 5) is 4.50. The maximum Gasteiger partial charge on any atom is 0.191 e. The molecule has 2 N–H and O–H groups in total. The van der Waals surface area contributed by atoms with Gasteiger partial charge >= 0.3 is 0 Å². The van der Waals surface area contributed by atoms with Crippen LogP contribution in [0.25, 0.3) is 0 Å². The normalized spacial score (nSPS) is 13.0. The van der Waals surface area contributed by atoms with Gasteiger partial charge in [0.25, 0.3) is 0 Å². The van der Waals surface area contributed by atoms with Gasteiger partial charge in [-0.15, -0.1) is 0 Å². The Morgan fingerprint density at radius 3 is 2.30 bits per heavy atom. The molecule has 0 bridgehead atoms. The van der Waals surface area contributed by atoms with Crippen molar-refractivity contribution < 1.29 is 13.2 Å². The minimum Gasteiger partial charge on any atom is -0.492 e.